The molecule has 110 valence electrons. The molecule has 0 amide bonds. The Kier molecular flexibility index (Phi) is 5.12. The van der Waals surface area contributed by atoms with E-state index in [1.165, 1.54) is 12.1 Å². The number of halogens is 1. The highest BCUT2D eigenvalue weighted by atomic mass is 19.1. The van der Waals surface area contributed by atoms with Crippen LogP contribution >= 0.6 is 0 Å². The summed E-state index contributed by atoms with van der Waals surface area (Å²) < 4.78 is 12.9. The van der Waals surface area contributed by atoms with Gasteiger partial charge in [-0.2, -0.15) is 0 Å². The summed E-state index contributed by atoms with van der Waals surface area (Å²) in [4.78, 5) is 13.1. The number of carboxylic acids is 1. The molecule has 0 bridgehead atoms. The molecule has 1 aromatic carbocycles. The van der Waals surface area contributed by atoms with Crippen molar-refractivity contribution in [3.8, 4) is 0 Å². The number of carbonyl (C=O) groups is 1. The normalized spacial score (nSPS) is 18.9. The van der Waals surface area contributed by atoms with Crippen LogP contribution in [0.2, 0.25) is 0 Å². The summed E-state index contributed by atoms with van der Waals surface area (Å²) in [5.41, 5.74) is 1.14. The van der Waals surface area contributed by atoms with Crippen LogP contribution in [0.1, 0.15) is 31.7 Å². The summed E-state index contributed by atoms with van der Waals surface area (Å²) in [6, 6.07) is 7.08. The minimum Gasteiger partial charge on any atom is -0.481 e. The first-order chi connectivity index (χ1) is 9.54. The summed E-state index contributed by atoms with van der Waals surface area (Å²) in [7, 11) is 0. The number of likely N-dealkylation sites (tertiary alicyclic amines) is 1. The van der Waals surface area contributed by atoms with Crippen LogP contribution in [0.4, 0.5) is 4.39 Å². The van der Waals surface area contributed by atoms with E-state index in [1.54, 1.807) is 0 Å². The number of benzene rings is 1. The molecular formula is C16H22FNO2. The Balaban J connectivity index is 1.81. The highest BCUT2D eigenvalue weighted by Crippen LogP contribution is 2.23. The largest absolute Gasteiger partial charge is 0.481 e. The summed E-state index contributed by atoms with van der Waals surface area (Å²) in [6.45, 7) is 4.10. The van der Waals surface area contributed by atoms with Gasteiger partial charge < -0.3 is 10.0 Å². The fraction of sp³-hybridized carbons (Fsp3) is 0.562. The Bertz CT molecular complexity index is 438. The van der Waals surface area contributed by atoms with Crippen LogP contribution in [0.25, 0.3) is 0 Å². The van der Waals surface area contributed by atoms with Crippen molar-refractivity contribution >= 4 is 5.97 Å². The Morgan fingerprint density at radius 2 is 1.95 bits per heavy atom. The third-order valence-corrected chi connectivity index (χ3v) is 4.18. The van der Waals surface area contributed by atoms with Crippen LogP contribution < -0.4 is 0 Å². The highest BCUT2D eigenvalue weighted by molar-refractivity contribution is 5.67. The van der Waals surface area contributed by atoms with Gasteiger partial charge in [0, 0.05) is 12.5 Å². The molecule has 1 unspecified atom stereocenters. The first-order valence-corrected chi connectivity index (χ1v) is 7.25. The first kappa shape index (κ1) is 15.0. The second kappa shape index (κ2) is 6.84. The maximum Gasteiger partial charge on any atom is 0.303 e. The van der Waals surface area contributed by atoms with Crippen LogP contribution in [0.3, 0.4) is 0 Å². The summed E-state index contributed by atoms with van der Waals surface area (Å²) >= 11 is 0. The van der Waals surface area contributed by atoms with Crippen molar-refractivity contribution in [2.75, 3.05) is 13.1 Å². The first-order valence-electron chi connectivity index (χ1n) is 7.25. The second-order valence-corrected chi connectivity index (χ2v) is 5.76. The predicted molar refractivity (Wildman–Crippen MR) is 76.1 cm³/mol. The van der Waals surface area contributed by atoms with Crippen molar-refractivity contribution in [1.82, 2.24) is 4.90 Å². The van der Waals surface area contributed by atoms with E-state index in [4.69, 9.17) is 5.11 Å². The third kappa shape index (κ3) is 4.30. The van der Waals surface area contributed by atoms with Crippen LogP contribution in [0, 0.1) is 11.7 Å². The van der Waals surface area contributed by atoms with E-state index in [2.05, 4.69) is 11.8 Å². The molecule has 1 heterocycles. The van der Waals surface area contributed by atoms with E-state index in [0.717, 1.165) is 37.9 Å². The van der Waals surface area contributed by atoms with Gasteiger partial charge in [0.05, 0.1) is 0 Å². The van der Waals surface area contributed by atoms with Crippen LogP contribution in [0.15, 0.2) is 24.3 Å². The van der Waals surface area contributed by atoms with Gasteiger partial charge in [-0.05, 0) is 62.9 Å². The predicted octanol–water partition coefficient (Wildman–Crippen LogP) is 2.94. The molecule has 1 fully saturated rings. The Hall–Kier alpha value is -1.42. The summed E-state index contributed by atoms with van der Waals surface area (Å²) in [5, 5.41) is 8.81. The molecule has 0 radical (unpaired) electrons. The quantitative estimate of drug-likeness (QED) is 0.901. The molecule has 1 saturated heterocycles. The molecule has 1 atom stereocenters. The SMILES string of the molecule is CC(Cc1ccc(F)cc1)N1CCC(CC(=O)O)CC1. The van der Waals surface area contributed by atoms with Crippen molar-refractivity contribution in [2.24, 2.45) is 5.92 Å². The standard InChI is InChI=1S/C16H22FNO2/c1-12(10-13-2-4-15(17)5-3-13)18-8-6-14(7-9-18)11-16(19)20/h2-5,12,14H,6-11H2,1H3,(H,19,20). The minimum absolute atomic E-state index is 0.198. The van der Waals surface area contributed by atoms with Gasteiger partial charge in [0.25, 0.3) is 0 Å². The number of carboxylic acid groups (broad SMARTS) is 1. The zero-order valence-corrected chi connectivity index (χ0v) is 11.9. The van der Waals surface area contributed by atoms with E-state index in [9.17, 15) is 9.18 Å². The lowest BCUT2D eigenvalue weighted by Gasteiger charge is -2.35. The average Bonchev–Trinajstić information content (AvgIpc) is 2.41. The Labute approximate surface area is 119 Å². The van der Waals surface area contributed by atoms with Crippen molar-refractivity contribution in [3.05, 3.63) is 35.6 Å². The number of nitrogens with zero attached hydrogens (tertiary/aromatic N) is 1. The Morgan fingerprint density at radius 1 is 1.35 bits per heavy atom. The van der Waals surface area contributed by atoms with Crippen molar-refractivity contribution in [2.45, 2.75) is 38.6 Å². The molecule has 1 aromatic rings. The molecule has 1 aliphatic heterocycles. The fourth-order valence-corrected chi connectivity index (χ4v) is 2.94. The second-order valence-electron chi connectivity index (χ2n) is 5.76. The van der Waals surface area contributed by atoms with Gasteiger partial charge in [0.2, 0.25) is 0 Å². The monoisotopic (exact) mass is 279 g/mol. The van der Waals surface area contributed by atoms with E-state index in [1.807, 2.05) is 12.1 Å². The maximum atomic E-state index is 12.9. The number of rotatable bonds is 5. The summed E-state index contributed by atoms with van der Waals surface area (Å²) in [6.07, 6.45) is 3.12. The van der Waals surface area contributed by atoms with E-state index < -0.39 is 5.97 Å². The van der Waals surface area contributed by atoms with Crippen molar-refractivity contribution < 1.29 is 14.3 Å². The van der Waals surface area contributed by atoms with Gasteiger partial charge in [-0.1, -0.05) is 12.1 Å². The van der Waals surface area contributed by atoms with Gasteiger partial charge in [-0.25, -0.2) is 4.39 Å². The molecule has 0 aliphatic carbocycles. The van der Waals surface area contributed by atoms with Gasteiger partial charge in [0.1, 0.15) is 5.82 Å². The molecular weight excluding hydrogens is 257 g/mol. The molecule has 1 N–H and O–H groups in total. The molecule has 3 nitrogen and oxygen atoms in total. The molecule has 0 saturated carbocycles. The van der Waals surface area contributed by atoms with Gasteiger partial charge in [-0.15, -0.1) is 0 Å². The zero-order valence-electron chi connectivity index (χ0n) is 11.9. The van der Waals surface area contributed by atoms with E-state index in [0.29, 0.717) is 18.4 Å². The molecule has 20 heavy (non-hydrogen) atoms. The fourth-order valence-electron chi connectivity index (χ4n) is 2.94. The topological polar surface area (TPSA) is 40.5 Å². The zero-order chi connectivity index (χ0) is 14.5. The average molecular weight is 279 g/mol. The van der Waals surface area contributed by atoms with Gasteiger partial charge in [0.15, 0.2) is 0 Å². The van der Waals surface area contributed by atoms with Crippen LogP contribution in [0.5, 0.6) is 0 Å². The van der Waals surface area contributed by atoms with Crippen molar-refractivity contribution in [1.29, 1.82) is 0 Å². The maximum absolute atomic E-state index is 12.9. The number of hydrogen-bond acceptors (Lipinski definition) is 2. The van der Waals surface area contributed by atoms with Crippen molar-refractivity contribution in [3.63, 3.8) is 0 Å². The minimum atomic E-state index is -0.692. The lowest BCUT2D eigenvalue weighted by molar-refractivity contribution is -0.138. The Morgan fingerprint density at radius 3 is 2.50 bits per heavy atom. The van der Waals surface area contributed by atoms with E-state index in [-0.39, 0.29) is 5.82 Å². The highest BCUT2D eigenvalue weighted by Gasteiger charge is 2.24. The van der Waals surface area contributed by atoms with Crippen LogP contribution in [-0.4, -0.2) is 35.1 Å². The third-order valence-electron chi connectivity index (χ3n) is 4.18. The molecule has 0 aromatic heterocycles. The smallest absolute Gasteiger partial charge is 0.303 e. The number of hydrogen-bond donors (Lipinski definition) is 1. The molecule has 1 aliphatic rings. The molecule has 2 rings (SSSR count). The molecule has 0 spiro atoms. The molecule has 4 heteroatoms. The lowest BCUT2D eigenvalue weighted by atomic mass is 9.92. The van der Waals surface area contributed by atoms with Crippen LogP contribution in [-0.2, 0) is 11.2 Å². The van der Waals surface area contributed by atoms with Gasteiger partial charge in [-0.3, -0.25) is 4.79 Å². The number of piperidine rings is 1. The van der Waals surface area contributed by atoms with E-state index >= 15 is 0 Å². The lowest BCUT2D eigenvalue weighted by Crippen LogP contribution is -2.41. The number of aliphatic carboxylic acids is 1. The van der Waals surface area contributed by atoms with Gasteiger partial charge >= 0.3 is 5.97 Å². The summed E-state index contributed by atoms with van der Waals surface area (Å²) in [5.74, 6) is -0.569.